The van der Waals surface area contributed by atoms with Gasteiger partial charge < -0.3 is 19.7 Å². The zero-order valence-electron chi connectivity index (χ0n) is 19.9. The van der Waals surface area contributed by atoms with Crippen LogP contribution in [0.3, 0.4) is 0 Å². The molecule has 3 aromatic carbocycles. The third-order valence-electron chi connectivity index (χ3n) is 5.83. The van der Waals surface area contributed by atoms with Gasteiger partial charge in [-0.2, -0.15) is 0 Å². The Morgan fingerprint density at radius 1 is 1.06 bits per heavy atom. The lowest BCUT2D eigenvalue weighted by molar-refractivity contribution is -0.119. The van der Waals surface area contributed by atoms with Crippen molar-refractivity contribution in [3.05, 3.63) is 83.4 Å². The number of methoxy groups -OCH3 is 1. The Morgan fingerprint density at radius 3 is 2.39 bits per heavy atom. The monoisotopic (exact) mass is 529 g/mol. The number of rotatable bonds is 9. The number of hydrogen-bond acceptors (Lipinski definition) is 6. The molecule has 0 radical (unpaired) electrons. The van der Waals surface area contributed by atoms with Crippen molar-refractivity contribution < 1.29 is 22.7 Å². The van der Waals surface area contributed by atoms with Gasteiger partial charge in [-0.25, -0.2) is 8.42 Å². The van der Waals surface area contributed by atoms with Gasteiger partial charge in [0.1, 0.15) is 12.3 Å². The number of sulfonamides is 1. The van der Waals surface area contributed by atoms with Crippen molar-refractivity contribution in [1.29, 1.82) is 0 Å². The van der Waals surface area contributed by atoms with Crippen molar-refractivity contribution in [1.82, 2.24) is 5.32 Å². The molecule has 0 saturated carbocycles. The lowest BCUT2D eigenvalue weighted by Crippen LogP contribution is -2.40. The SMILES string of the molecule is COc1ccc(S(=O)(=O)N(CC(=O)NCc2ccc(N3CCOCC3)cc2)c2cccc(Cl)c2)cc1. The minimum absolute atomic E-state index is 0.0368. The predicted octanol–water partition coefficient (Wildman–Crippen LogP) is 3.70. The zero-order valence-corrected chi connectivity index (χ0v) is 21.5. The zero-order chi connectivity index (χ0) is 25.5. The highest BCUT2D eigenvalue weighted by Crippen LogP contribution is 2.27. The van der Waals surface area contributed by atoms with E-state index in [1.54, 1.807) is 30.3 Å². The highest BCUT2D eigenvalue weighted by Gasteiger charge is 2.27. The van der Waals surface area contributed by atoms with E-state index in [1.807, 2.05) is 24.3 Å². The molecule has 0 unspecified atom stereocenters. The minimum Gasteiger partial charge on any atom is -0.497 e. The minimum atomic E-state index is -4.05. The summed E-state index contributed by atoms with van der Waals surface area (Å²) in [6.45, 7) is 2.98. The van der Waals surface area contributed by atoms with E-state index in [0.29, 0.717) is 29.7 Å². The molecule has 0 spiro atoms. The molecular formula is C26H28ClN3O5S. The molecule has 0 aliphatic carbocycles. The first kappa shape index (κ1) is 25.8. The Hall–Kier alpha value is -3.27. The highest BCUT2D eigenvalue weighted by atomic mass is 35.5. The average Bonchev–Trinajstić information content (AvgIpc) is 2.91. The van der Waals surface area contributed by atoms with Gasteiger partial charge in [0.2, 0.25) is 5.91 Å². The molecule has 8 nitrogen and oxygen atoms in total. The summed E-state index contributed by atoms with van der Waals surface area (Å²) >= 11 is 6.12. The van der Waals surface area contributed by atoms with Gasteiger partial charge >= 0.3 is 0 Å². The summed E-state index contributed by atoms with van der Waals surface area (Å²) in [5, 5.41) is 3.19. The van der Waals surface area contributed by atoms with Crippen molar-refractivity contribution in [3.63, 3.8) is 0 Å². The second-order valence-electron chi connectivity index (χ2n) is 8.21. The van der Waals surface area contributed by atoms with Crippen LogP contribution in [-0.2, 0) is 26.1 Å². The number of nitrogens with one attached hydrogen (secondary N) is 1. The summed E-state index contributed by atoms with van der Waals surface area (Å²) in [5.74, 6) is 0.0879. The first-order valence-electron chi connectivity index (χ1n) is 11.5. The van der Waals surface area contributed by atoms with E-state index in [-0.39, 0.29) is 11.4 Å². The summed E-state index contributed by atoms with van der Waals surface area (Å²) < 4.78 is 38.6. The van der Waals surface area contributed by atoms with Crippen LogP contribution in [0.1, 0.15) is 5.56 Å². The maximum absolute atomic E-state index is 13.5. The molecule has 190 valence electrons. The van der Waals surface area contributed by atoms with Crippen LogP contribution in [0.25, 0.3) is 0 Å². The van der Waals surface area contributed by atoms with E-state index in [0.717, 1.165) is 28.6 Å². The van der Waals surface area contributed by atoms with Gasteiger partial charge in [-0.15, -0.1) is 0 Å². The van der Waals surface area contributed by atoms with E-state index in [4.69, 9.17) is 21.1 Å². The molecule has 4 rings (SSSR count). The Labute approximate surface area is 216 Å². The van der Waals surface area contributed by atoms with E-state index in [2.05, 4.69) is 10.2 Å². The molecule has 1 N–H and O–H groups in total. The van der Waals surface area contributed by atoms with Gasteiger partial charge in [0, 0.05) is 30.3 Å². The number of benzene rings is 3. The first-order valence-corrected chi connectivity index (χ1v) is 13.3. The van der Waals surface area contributed by atoms with Crippen LogP contribution in [-0.4, -0.2) is 54.3 Å². The molecule has 1 fully saturated rings. The molecule has 3 aromatic rings. The lowest BCUT2D eigenvalue weighted by atomic mass is 10.2. The van der Waals surface area contributed by atoms with Crippen molar-refractivity contribution in [2.24, 2.45) is 0 Å². The second kappa shape index (κ2) is 11.6. The lowest BCUT2D eigenvalue weighted by Gasteiger charge is -2.29. The molecule has 0 atom stereocenters. The molecular weight excluding hydrogens is 502 g/mol. The first-order chi connectivity index (χ1) is 17.4. The molecule has 1 saturated heterocycles. The fraction of sp³-hybridized carbons (Fsp3) is 0.269. The molecule has 36 heavy (non-hydrogen) atoms. The number of ether oxygens (including phenoxy) is 2. The summed E-state index contributed by atoms with van der Waals surface area (Å²) in [6.07, 6.45) is 0. The largest absolute Gasteiger partial charge is 0.497 e. The summed E-state index contributed by atoms with van der Waals surface area (Å²) in [4.78, 5) is 15.2. The van der Waals surface area contributed by atoms with E-state index < -0.39 is 22.5 Å². The van der Waals surface area contributed by atoms with Gasteiger partial charge in [0.05, 0.1) is 30.9 Å². The van der Waals surface area contributed by atoms with E-state index >= 15 is 0 Å². The average molecular weight is 530 g/mol. The second-order valence-corrected chi connectivity index (χ2v) is 10.5. The van der Waals surface area contributed by atoms with Crippen molar-refractivity contribution >= 4 is 38.9 Å². The van der Waals surface area contributed by atoms with E-state index in [1.165, 1.54) is 25.3 Å². The number of amides is 1. The highest BCUT2D eigenvalue weighted by molar-refractivity contribution is 7.92. The van der Waals surface area contributed by atoms with Crippen LogP contribution >= 0.6 is 11.6 Å². The summed E-state index contributed by atoms with van der Waals surface area (Å²) in [6, 6.07) is 20.3. The van der Waals surface area contributed by atoms with E-state index in [9.17, 15) is 13.2 Å². The van der Waals surface area contributed by atoms with Gasteiger partial charge in [-0.05, 0) is 60.2 Å². The Kier molecular flexibility index (Phi) is 8.35. The number of anilines is 2. The van der Waals surface area contributed by atoms with Crippen LogP contribution in [0.15, 0.2) is 77.7 Å². The van der Waals surface area contributed by atoms with Gasteiger partial charge in [0.25, 0.3) is 10.0 Å². The number of carbonyl (C=O) groups is 1. The third-order valence-corrected chi connectivity index (χ3v) is 7.86. The van der Waals surface area contributed by atoms with Crippen molar-refractivity contribution in [2.45, 2.75) is 11.4 Å². The van der Waals surface area contributed by atoms with Crippen LogP contribution < -0.4 is 19.3 Å². The number of hydrogen-bond donors (Lipinski definition) is 1. The number of halogens is 1. The maximum atomic E-state index is 13.5. The summed E-state index contributed by atoms with van der Waals surface area (Å²) in [5.41, 5.74) is 2.31. The topological polar surface area (TPSA) is 88.2 Å². The maximum Gasteiger partial charge on any atom is 0.264 e. The number of morpholine rings is 1. The predicted molar refractivity (Wildman–Crippen MR) is 140 cm³/mol. The summed E-state index contributed by atoms with van der Waals surface area (Å²) in [7, 11) is -2.55. The molecule has 1 amide bonds. The molecule has 0 aromatic heterocycles. The number of nitrogens with zero attached hydrogens (tertiary/aromatic N) is 2. The standard InChI is InChI=1S/C26H28ClN3O5S/c1-34-24-9-11-25(12-10-24)36(32,33)30(23-4-2-3-21(27)17-23)19-26(31)28-18-20-5-7-22(8-6-20)29-13-15-35-16-14-29/h2-12,17H,13-16,18-19H2,1H3,(H,28,31). The fourth-order valence-electron chi connectivity index (χ4n) is 3.85. The molecule has 1 aliphatic heterocycles. The fourth-order valence-corrected chi connectivity index (χ4v) is 5.45. The van der Waals surface area contributed by atoms with Gasteiger partial charge in [0.15, 0.2) is 0 Å². The molecule has 0 bridgehead atoms. The quantitative estimate of drug-likeness (QED) is 0.455. The molecule has 1 aliphatic rings. The number of carbonyl (C=O) groups excluding carboxylic acids is 1. The Morgan fingerprint density at radius 2 is 1.75 bits per heavy atom. The normalized spacial score (nSPS) is 13.8. The Balaban J connectivity index is 1.47. The van der Waals surface area contributed by atoms with Crippen LogP contribution in [0, 0.1) is 0 Å². The van der Waals surface area contributed by atoms with Crippen molar-refractivity contribution in [2.75, 3.05) is 49.2 Å². The van der Waals surface area contributed by atoms with Gasteiger partial charge in [-0.1, -0.05) is 29.8 Å². The van der Waals surface area contributed by atoms with Gasteiger partial charge in [-0.3, -0.25) is 9.10 Å². The van der Waals surface area contributed by atoms with Crippen LogP contribution in [0.4, 0.5) is 11.4 Å². The molecule has 10 heteroatoms. The molecule has 1 heterocycles. The van der Waals surface area contributed by atoms with Crippen molar-refractivity contribution in [3.8, 4) is 5.75 Å². The smallest absolute Gasteiger partial charge is 0.264 e. The third kappa shape index (κ3) is 6.29. The van der Waals surface area contributed by atoms with Crippen LogP contribution in [0.2, 0.25) is 5.02 Å². The van der Waals surface area contributed by atoms with Crippen LogP contribution in [0.5, 0.6) is 5.75 Å². The Bertz CT molecular complexity index is 1280.